The van der Waals surface area contributed by atoms with Gasteiger partial charge in [-0.2, -0.15) is 0 Å². The van der Waals surface area contributed by atoms with E-state index in [4.69, 9.17) is 33.9 Å². The monoisotopic (exact) mass is 371 g/mol. The van der Waals surface area contributed by atoms with E-state index in [2.05, 4.69) is 5.32 Å². The van der Waals surface area contributed by atoms with Crippen LogP contribution in [0.2, 0.25) is 10.0 Å². The maximum absolute atomic E-state index is 12.1. The van der Waals surface area contributed by atoms with Crippen LogP contribution in [0.5, 0.6) is 0 Å². The summed E-state index contributed by atoms with van der Waals surface area (Å²) in [4.78, 5) is 11.7. The van der Waals surface area contributed by atoms with Gasteiger partial charge in [0.1, 0.15) is 4.90 Å². The Kier molecular flexibility index (Phi) is 6.78. The number of hydrogen-bond donors (Lipinski definition) is 1. The predicted molar refractivity (Wildman–Crippen MR) is 85.9 cm³/mol. The quantitative estimate of drug-likeness (QED) is 0.765. The van der Waals surface area contributed by atoms with Gasteiger partial charge in [0.05, 0.1) is 10.0 Å². The first-order chi connectivity index (χ1) is 9.70. The molecule has 0 spiro atoms. The molecule has 0 fully saturated rings. The smallest absolute Gasteiger partial charge is 0.262 e. The van der Waals surface area contributed by atoms with E-state index in [1.165, 1.54) is 6.07 Å². The van der Waals surface area contributed by atoms with Gasteiger partial charge in [0.2, 0.25) is 0 Å². The largest absolute Gasteiger partial charge is 0.352 e. The van der Waals surface area contributed by atoms with Crippen molar-refractivity contribution in [2.75, 3.05) is 6.54 Å². The summed E-state index contributed by atoms with van der Waals surface area (Å²) in [6.07, 6.45) is 1.89. The zero-order valence-corrected chi connectivity index (χ0v) is 14.7. The first-order valence-corrected chi connectivity index (χ1v) is 9.49. The number of benzene rings is 1. The standard InChI is InChI=1S/C13H16Cl3NO3S/c1-3-8(4-2)7-17-13(18)9-5-10(14)12(15)11(6-9)21(16,19)20/h5-6,8H,3-4,7H2,1-2H3,(H,17,18). The zero-order valence-electron chi connectivity index (χ0n) is 11.6. The molecule has 0 bridgehead atoms. The van der Waals surface area contributed by atoms with Crippen LogP contribution in [0.1, 0.15) is 37.0 Å². The van der Waals surface area contributed by atoms with Gasteiger partial charge in [-0.1, -0.05) is 49.9 Å². The van der Waals surface area contributed by atoms with Crippen molar-refractivity contribution in [3.05, 3.63) is 27.7 Å². The molecule has 0 aliphatic carbocycles. The summed E-state index contributed by atoms with van der Waals surface area (Å²) in [6.45, 7) is 4.59. The molecule has 0 saturated heterocycles. The molecule has 118 valence electrons. The molecule has 1 rings (SSSR count). The van der Waals surface area contributed by atoms with E-state index in [0.29, 0.717) is 12.5 Å². The highest BCUT2D eigenvalue weighted by Crippen LogP contribution is 2.32. The van der Waals surface area contributed by atoms with E-state index >= 15 is 0 Å². The normalized spacial score (nSPS) is 11.7. The Morgan fingerprint density at radius 3 is 2.29 bits per heavy atom. The SMILES string of the molecule is CCC(CC)CNC(=O)c1cc(Cl)c(Cl)c(S(=O)(=O)Cl)c1. The van der Waals surface area contributed by atoms with Crippen molar-refractivity contribution in [3.63, 3.8) is 0 Å². The lowest BCUT2D eigenvalue weighted by Crippen LogP contribution is -2.29. The van der Waals surface area contributed by atoms with Gasteiger partial charge < -0.3 is 5.32 Å². The highest BCUT2D eigenvalue weighted by Gasteiger charge is 2.21. The fourth-order valence-electron chi connectivity index (χ4n) is 1.79. The molecule has 21 heavy (non-hydrogen) atoms. The van der Waals surface area contributed by atoms with E-state index in [9.17, 15) is 13.2 Å². The third-order valence-corrected chi connectivity index (χ3v) is 5.49. The minimum Gasteiger partial charge on any atom is -0.352 e. The van der Waals surface area contributed by atoms with Crippen molar-refractivity contribution in [2.45, 2.75) is 31.6 Å². The van der Waals surface area contributed by atoms with E-state index in [0.717, 1.165) is 18.9 Å². The average molecular weight is 373 g/mol. The third-order valence-electron chi connectivity index (χ3n) is 3.23. The van der Waals surface area contributed by atoms with Crippen molar-refractivity contribution >= 4 is 48.8 Å². The molecule has 0 aliphatic heterocycles. The number of carbonyl (C=O) groups is 1. The van der Waals surface area contributed by atoms with Gasteiger partial charge in [0.25, 0.3) is 15.0 Å². The van der Waals surface area contributed by atoms with E-state index in [-0.39, 0.29) is 20.5 Å². The lowest BCUT2D eigenvalue weighted by Gasteiger charge is -2.14. The van der Waals surface area contributed by atoms with Crippen molar-refractivity contribution in [1.82, 2.24) is 5.32 Å². The first-order valence-electron chi connectivity index (χ1n) is 6.42. The van der Waals surface area contributed by atoms with Crippen LogP contribution in [0.15, 0.2) is 17.0 Å². The highest BCUT2D eigenvalue weighted by atomic mass is 35.7. The van der Waals surface area contributed by atoms with Crippen LogP contribution < -0.4 is 5.32 Å². The second kappa shape index (κ2) is 7.68. The van der Waals surface area contributed by atoms with E-state index < -0.39 is 15.0 Å². The molecule has 0 radical (unpaired) electrons. The van der Waals surface area contributed by atoms with Crippen LogP contribution in [0.25, 0.3) is 0 Å². The average Bonchev–Trinajstić information content (AvgIpc) is 2.41. The maximum Gasteiger partial charge on any atom is 0.262 e. The topological polar surface area (TPSA) is 63.2 Å². The van der Waals surface area contributed by atoms with Gasteiger partial charge in [0.15, 0.2) is 0 Å². The molecular weight excluding hydrogens is 357 g/mol. The molecule has 4 nitrogen and oxygen atoms in total. The maximum atomic E-state index is 12.1. The van der Waals surface area contributed by atoms with Crippen molar-refractivity contribution in [2.24, 2.45) is 5.92 Å². The first kappa shape index (κ1) is 18.6. The molecule has 0 saturated carbocycles. The number of hydrogen-bond acceptors (Lipinski definition) is 3. The molecular formula is C13H16Cl3NO3S. The summed E-state index contributed by atoms with van der Waals surface area (Å²) in [5.74, 6) is -0.0463. The molecule has 1 aromatic carbocycles. The van der Waals surface area contributed by atoms with Crippen LogP contribution in [-0.2, 0) is 9.05 Å². The van der Waals surface area contributed by atoms with Gasteiger partial charge >= 0.3 is 0 Å². The fourth-order valence-corrected chi connectivity index (χ4v) is 3.55. The van der Waals surface area contributed by atoms with Crippen LogP contribution in [-0.4, -0.2) is 20.9 Å². The summed E-state index contributed by atoms with van der Waals surface area (Å²) < 4.78 is 22.9. The molecule has 0 unspecified atom stereocenters. The second-order valence-electron chi connectivity index (χ2n) is 4.60. The molecule has 0 atom stereocenters. The minimum atomic E-state index is -4.08. The highest BCUT2D eigenvalue weighted by molar-refractivity contribution is 8.13. The lowest BCUT2D eigenvalue weighted by molar-refractivity contribution is 0.0946. The number of halogens is 3. The Bertz CT molecular complexity index is 628. The van der Waals surface area contributed by atoms with Crippen LogP contribution in [0.4, 0.5) is 0 Å². The summed E-state index contributed by atoms with van der Waals surface area (Å²) in [5.41, 5.74) is 0.106. The molecule has 8 heteroatoms. The second-order valence-corrected chi connectivity index (χ2v) is 7.92. The summed E-state index contributed by atoms with van der Waals surface area (Å²) >= 11 is 11.7. The Morgan fingerprint density at radius 2 is 1.81 bits per heavy atom. The predicted octanol–water partition coefficient (Wildman–Crippen LogP) is 4.09. The lowest BCUT2D eigenvalue weighted by atomic mass is 10.0. The number of carbonyl (C=O) groups excluding carboxylic acids is 1. The Balaban J connectivity index is 3.04. The number of nitrogens with one attached hydrogen (secondary N) is 1. The number of amides is 1. The van der Waals surface area contributed by atoms with Crippen LogP contribution >= 0.6 is 33.9 Å². The Hall–Kier alpha value is -0.490. The molecule has 0 heterocycles. The molecule has 1 N–H and O–H groups in total. The fraction of sp³-hybridized carbons (Fsp3) is 0.462. The molecule has 0 aromatic heterocycles. The molecule has 1 aromatic rings. The minimum absolute atomic E-state index is 0.0360. The molecule has 0 aliphatic rings. The number of rotatable bonds is 6. The van der Waals surface area contributed by atoms with Crippen molar-refractivity contribution in [1.29, 1.82) is 0 Å². The van der Waals surface area contributed by atoms with Crippen LogP contribution in [0, 0.1) is 5.92 Å². The van der Waals surface area contributed by atoms with Crippen molar-refractivity contribution < 1.29 is 13.2 Å². The summed E-state index contributed by atoms with van der Waals surface area (Å²) in [7, 11) is 1.21. The van der Waals surface area contributed by atoms with Gasteiger partial charge in [-0.3, -0.25) is 4.79 Å². The van der Waals surface area contributed by atoms with E-state index in [1.807, 2.05) is 13.8 Å². The van der Waals surface area contributed by atoms with Crippen molar-refractivity contribution in [3.8, 4) is 0 Å². The zero-order chi connectivity index (χ0) is 16.2. The summed E-state index contributed by atoms with van der Waals surface area (Å²) in [5, 5.41) is 2.52. The van der Waals surface area contributed by atoms with Crippen LogP contribution in [0.3, 0.4) is 0 Å². The van der Waals surface area contributed by atoms with Gasteiger partial charge in [-0.25, -0.2) is 8.42 Å². The van der Waals surface area contributed by atoms with Gasteiger partial charge in [0, 0.05) is 22.8 Å². The third kappa shape index (κ3) is 5.02. The molecule has 1 amide bonds. The Morgan fingerprint density at radius 1 is 1.24 bits per heavy atom. The van der Waals surface area contributed by atoms with Gasteiger partial charge in [-0.05, 0) is 18.1 Å². The van der Waals surface area contributed by atoms with Gasteiger partial charge in [-0.15, -0.1) is 0 Å². The van der Waals surface area contributed by atoms with E-state index in [1.54, 1.807) is 0 Å². The Labute approximate surface area is 139 Å². The summed E-state index contributed by atoms with van der Waals surface area (Å²) in [6, 6.07) is 2.44.